The number of nitrogens with zero attached hydrogens (tertiary/aromatic N) is 2. The average molecular weight is 223 g/mol. The van der Waals surface area contributed by atoms with E-state index in [0.717, 1.165) is 0 Å². The number of aromatic nitrogens is 2. The van der Waals surface area contributed by atoms with Gasteiger partial charge in [-0.3, -0.25) is 0 Å². The molecular formula is C10H10FN3S. The molecule has 2 aromatic rings. The maximum absolute atomic E-state index is 12.7. The quantitative estimate of drug-likeness (QED) is 0.813. The summed E-state index contributed by atoms with van der Waals surface area (Å²) < 4.78 is 12.7. The Morgan fingerprint density at radius 1 is 1.47 bits per heavy atom. The first-order valence-electron chi connectivity index (χ1n) is 4.50. The summed E-state index contributed by atoms with van der Waals surface area (Å²) >= 11 is 1.67. The van der Waals surface area contributed by atoms with Crippen LogP contribution in [0.3, 0.4) is 0 Å². The topological polar surface area (TPSA) is 37.8 Å². The molecule has 0 aliphatic rings. The van der Waals surface area contributed by atoms with Crippen molar-refractivity contribution >= 4 is 17.2 Å². The van der Waals surface area contributed by atoms with Crippen LogP contribution in [0.1, 0.15) is 10.4 Å². The number of rotatable bonds is 3. The number of hydrogen-bond donors (Lipinski definition) is 1. The van der Waals surface area contributed by atoms with Crippen molar-refractivity contribution < 1.29 is 4.39 Å². The standard InChI is InChI=1S/C10H10FN3S/c1-7-2-3-15-8(7)5-12-10-4-9(11)13-6-14-10/h2-4,6H,5H2,1H3,(H,12,13,14). The largest absolute Gasteiger partial charge is 0.365 e. The number of thiophene rings is 1. The van der Waals surface area contributed by atoms with Gasteiger partial charge in [0.25, 0.3) is 0 Å². The lowest BCUT2D eigenvalue weighted by molar-refractivity contribution is 0.580. The van der Waals surface area contributed by atoms with E-state index in [0.29, 0.717) is 12.4 Å². The number of aryl methyl sites for hydroxylation is 1. The normalized spacial score (nSPS) is 10.3. The highest BCUT2D eigenvalue weighted by Gasteiger charge is 2.01. The maximum Gasteiger partial charge on any atom is 0.217 e. The highest BCUT2D eigenvalue weighted by atomic mass is 32.1. The molecule has 0 aliphatic carbocycles. The molecule has 0 saturated carbocycles. The van der Waals surface area contributed by atoms with Crippen LogP contribution in [0.15, 0.2) is 23.8 Å². The summed E-state index contributed by atoms with van der Waals surface area (Å²) in [5.41, 5.74) is 1.24. The fraction of sp³-hybridized carbons (Fsp3) is 0.200. The second-order valence-electron chi connectivity index (χ2n) is 3.11. The van der Waals surface area contributed by atoms with Crippen molar-refractivity contribution in [2.24, 2.45) is 0 Å². The van der Waals surface area contributed by atoms with Crippen molar-refractivity contribution in [3.05, 3.63) is 40.2 Å². The minimum atomic E-state index is -0.518. The Morgan fingerprint density at radius 3 is 3.00 bits per heavy atom. The van der Waals surface area contributed by atoms with E-state index in [2.05, 4.69) is 21.4 Å². The Morgan fingerprint density at radius 2 is 2.33 bits per heavy atom. The van der Waals surface area contributed by atoms with E-state index in [-0.39, 0.29) is 0 Å². The van der Waals surface area contributed by atoms with E-state index in [4.69, 9.17) is 0 Å². The number of hydrogen-bond acceptors (Lipinski definition) is 4. The van der Waals surface area contributed by atoms with Crippen LogP contribution in [-0.2, 0) is 6.54 Å². The summed E-state index contributed by atoms with van der Waals surface area (Å²) in [6.45, 7) is 2.72. The summed E-state index contributed by atoms with van der Waals surface area (Å²) in [5, 5.41) is 5.08. The van der Waals surface area contributed by atoms with Crippen molar-refractivity contribution in [1.82, 2.24) is 9.97 Å². The third kappa shape index (κ3) is 2.50. The maximum atomic E-state index is 12.7. The van der Waals surface area contributed by atoms with Gasteiger partial charge in [-0.05, 0) is 23.9 Å². The van der Waals surface area contributed by atoms with E-state index in [1.54, 1.807) is 11.3 Å². The van der Waals surface area contributed by atoms with Crippen molar-refractivity contribution in [3.8, 4) is 0 Å². The zero-order chi connectivity index (χ0) is 10.7. The Kier molecular flexibility index (Phi) is 2.91. The Hall–Kier alpha value is -1.49. The van der Waals surface area contributed by atoms with Crippen LogP contribution in [0.5, 0.6) is 0 Å². The molecule has 0 fully saturated rings. The smallest absolute Gasteiger partial charge is 0.217 e. The zero-order valence-corrected chi connectivity index (χ0v) is 9.01. The van der Waals surface area contributed by atoms with Crippen LogP contribution in [0.2, 0.25) is 0 Å². The molecule has 5 heteroatoms. The Balaban J connectivity index is 2.02. The van der Waals surface area contributed by atoms with E-state index in [1.807, 2.05) is 12.3 Å². The first-order valence-corrected chi connectivity index (χ1v) is 5.38. The van der Waals surface area contributed by atoms with Crippen LogP contribution in [0, 0.1) is 12.9 Å². The van der Waals surface area contributed by atoms with Crippen LogP contribution >= 0.6 is 11.3 Å². The Bertz CT molecular complexity index is 455. The number of nitrogens with one attached hydrogen (secondary N) is 1. The van der Waals surface area contributed by atoms with E-state index >= 15 is 0 Å². The van der Waals surface area contributed by atoms with Crippen LogP contribution in [0.4, 0.5) is 10.2 Å². The first kappa shape index (κ1) is 10.0. The molecule has 78 valence electrons. The molecule has 0 aromatic carbocycles. The van der Waals surface area contributed by atoms with Gasteiger partial charge in [0.05, 0.1) is 6.54 Å². The van der Waals surface area contributed by atoms with Crippen molar-refractivity contribution in [1.29, 1.82) is 0 Å². The van der Waals surface area contributed by atoms with Gasteiger partial charge in [-0.15, -0.1) is 11.3 Å². The van der Waals surface area contributed by atoms with E-state index < -0.39 is 5.95 Å². The van der Waals surface area contributed by atoms with Gasteiger partial charge in [-0.1, -0.05) is 0 Å². The average Bonchev–Trinajstić information content (AvgIpc) is 2.61. The molecule has 2 rings (SSSR count). The molecule has 0 radical (unpaired) electrons. The van der Waals surface area contributed by atoms with Crippen LogP contribution in [-0.4, -0.2) is 9.97 Å². The molecule has 0 saturated heterocycles. The van der Waals surface area contributed by atoms with Crippen molar-refractivity contribution in [2.45, 2.75) is 13.5 Å². The number of halogens is 1. The molecule has 0 bridgehead atoms. The second-order valence-corrected chi connectivity index (χ2v) is 4.11. The third-order valence-electron chi connectivity index (χ3n) is 2.03. The van der Waals surface area contributed by atoms with Gasteiger partial charge in [-0.2, -0.15) is 4.39 Å². The lowest BCUT2D eigenvalue weighted by atomic mass is 10.3. The van der Waals surface area contributed by atoms with Gasteiger partial charge in [0.2, 0.25) is 5.95 Å². The predicted octanol–water partition coefficient (Wildman–Crippen LogP) is 2.60. The molecule has 0 spiro atoms. The molecule has 0 aliphatic heterocycles. The van der Waals surface area contributed by atoms with Gasteiger partial charge < -0.3 is 5.32 Å². The monoisotopic (exact) mass is 223 g/mol. The highest BCUT2D eigenvalue weighted by molar-refractivity contribution is 7.10. The third-order valence-corrected chi connectivity index (χ3v) is 3.05. The Labute approximate surface area is 91.0 Å². The summed E-state index contributed by atoms with van der Waals surface area (Å²) in [6.07, 6.45) is 1.21. The minimum Gasteiger partial charge on any atom is -0.365 e. The summed E-state index contributed by atoms with van der Waals surface area (Å²) in [4.78, 5) is 8.53. The molecule has 0 unspecified atom stereocenters. The van der Waals surface area contributed by atoms with Crippen molar-refractivity contribution in [2.75, 3.05) is 5.32 Å². The zero-order valence-electron chi connectivity index (χ0n) is 8.20. The van der Waals surface area contributed by atoms with Crippen LogP contribution in [0.25, 0.3) is 0 Å². The van der Waals surface area contributed by atoms with Gasteiger partial charge in [0.15, 0.2) is 0 Å². The first-order chi connectivity index (χ1) is 7.25. The molecule has 2 heterocycles. The fourth-order valence-corrected chi connectivity index (χ4v) is 2.03. The molecule has 1 N–H and O–H groups in total. The summed E-state index contributed by atoms with van der Waals surface area (Å²) in [6, 6.07) is 3.34. The summed E-state index contributed by atoms with van der Waals surface area (Å²) in [5.74, 6) is -0.00861. The van der Waals surface area contributed by atoms with Gasteiger partial charge in [-0.25, -0.2) is 9.97 Å². The highest BCUT2D eigenvalue weighted by Crippen LogP contribution is 2.16. The molecule has 0 atom stereocenters. The predicted molar refractivity (Wildman–Crippen MR) is 58.4 cm³/mol. The van der Waals surface area contributed by atoms with Gasteiger partial charge in [0.1, 0.15) is 12.1 Å². The lowest BCUT2D eigenvalue weighted by Crippen LogP contribution is -2.01. The lowest BCUT2D eigenvalue weighted by Gasteiger charge is -2.03. The molecular weight excluding hydrogens is 213 g/mol. The van der Waals surface area contributed by atoms with E-state index in [1.165, 1.54) is 22.8 Å². The van der Waals surface area contributed by atoms with E-state index in [9.17, 15) is 4.39 Å². The second kappa shape index (κ2) is 4.35. The van der Waals surface area contributed by atoms with Gasteiger partial charge in [0, 0.05) is 10.9 Å². The number of anilines is 1. The van der Waals surface area contributed by atoms with Crippen LogP contribution < -0.4 is 5.32 Å². The van der Waals surface area contributed by atoms with Crippen molar-refractivity contribution in [3.63, 3.8) is 0 Å². The SMILES string of the molecule is Cc1ccsc1CNc1cc(F)ncn1. The molecule has 0 amide bonds. The van der Waals surface area contributed by atoms with Gasteiger partial charge >= 0.3 is 0 Å². The minimum absolute atomic E-state index is 0.510. The molecule has 2 aromatic heterocycles. The summed E-state index contributed by atoms with van der Waals surface area (Å²) in [7, 11) is 0. The molecule has 15 heavy (non-hydrogen) atoms. The fourth-order valence-electron chi connectivity index (χ4n) is 1.19. The molecule has 3 nitrogen and oxygen atoms in total.